The first-order valence-corrected chi connectivity index (χ1v) is 6.86. The van der Waals surface area contributed by atoms with E-state index in [2.05, 4.69) is 5.32 Å². The van der Waals surface area contributed by atoms with Gasteiger partial charge in [0.15, 0.2) is 0 Å². The Balaban J connectivity index is 1.73. The second-order valence-electron chi connectivity index (χ2n) is 5.66. The van der Waals surface area contributed by atoms with E-state index in [-0.39, 0.29) is 12.5 Å². The fourth-order valence-corrected chi connectivity index (χ4v) is 3.22. The molecule has 0 heterocycles. The molecule has 0 saturated heterocycles. The van der Waals surface area contributed by atoms with Crippen molar-refractivity contribution in [1.82, 2.24) is 5.32 Å². The molecule has 2 atom stereocenters. The molecule has 2 aliphatic carbocycles. The normalized spacial score (nSPS) is 31.9. The molecule has 4 heteroatoms. The molecular formula is C13H22F3N. The van der Waals surface area contributed by atoms with Crippen LogP contribution >= 0.6 is 0 Å². The first-order chi connectivity index (χ1) is 8.05. The summed E-state index contributed by atoms with van der Waals surface area (Å²) in [6.07, 6.45) is 3.34. The van der Waals surface area contributed by atoms with Crippen LogP contribution < -0.4 is 5.32 Å². The lowest BCUT2D eigenvalue weighted by Crippen LogP contribution is -2.40. The molecule has 2 rings (SSSR count). The highest BCUT2D eigenvalue weighted by molar-refractivity contribution is 4.82. The Hall–Kier alpha value is -0.250. The van der Waals surface area contributed by atoms with Gasteiger partial charge in [0.2, 0.25) is 0 Å². The van der Waals surface area contributed by atoms with Gasteiger partial charge in [-0.25, -0.2) is 0 Å². The molecule has 0 spiro atoms. The molecule has 0 bridgehead atoms. The lowest BCUT2D eigenvalue weighted by Gasteiger charge is -2.31. The SMILES string of the molecule is FC(F)(F)C1CCCC(NCC2CCCC2)C1. The second kappa shape index (κ2) is 5.59. The molecule has 2 aliphatic rings. The summed E-state index contributed by atoms with van der Waals surface area (Å²) in [4.78, 5) is 0. The summed E-state index contributed by atoms with van der Waals surface area (Å²) >= 11 is 0. The van der Waals surface area contributed by atoms with Gasteiger partial charge >= 0.3 is 6.18 Å². The van der Waals surface area contributed by atoms with Gasteiger partial charge in [-0.2, -0.15) is 13.2 Å². The molecule has 0 aromatic heterocycles. The Morgan fingerprint density at radius 2 is 1.65 bits per heavy atom. The van der Waals surface area contributed by atoms with Gasteiger partial charge in [-0.05, 0) is 44.6 Å². The van der Waals surface area contributed by atoms with Crippen molar-refractivity contribution < 1.29 is 13.2 Å². The zero-order chi connectivity index (χ0) is 12.3. The van der Waals surface area contributed by atoms with Crippen LogP contribution in [0.3, 0.4) is 0 Å². The minimum absolute atomic E-state index is 0.0935. The first kappa shape index (κ1) is 13.2. The summed E-state index contributed by atoms with van der Waals surface area (Å²) in [6, 6.07) is 0.0935. The molecule has 0 amide bonds. The standard InChI is InChI=1S/C13H22F3N/c14-13(15,16)11-6-3-7-12(8-11)17-9-10-4-1-2-5-10/h10-12,17H,1-9H2. The monoisotopic (exact) mass is 249 g/mol. The van der Waals surface area contributed by atoms with E-state index >= 15 is 0 Å². The van der Waals surface area contributed by atoms with Crippen LogP contribution in [0.4, 0.5) is 13.2 Å². The van der Waals surface area contributed by atoms with Crippen LogP contribution in [0.25, 0.3) is 0 Å². The Morgan fingerprint density at radius 3 is 2.29 bits per heavy atom. The summed E-state index contributed by atoms with van der Waals surface area (Å²) in [7, 11) is 0. The summed E-state index contributed by atoms with van der Waals surface area (Å²) in [5, 5.41) is 3.37. The maximum absolute atomic E-state index is 12.6. The number of hydrogen-bond donors (Lipinski definition) is 1. The van der Waals surface area contributed by atoms with Gasteiger partial charge in [0.1, 0.15) is 0 Å². The number of nitrogens with one attached hydrogen (secondary N) is 1. The van der Waals surface area contributed by atoms with Crippen LogP contribution in [0.1, 0.15) is 51.4 Å². The molecule has 17 heavy (non-hydrogen) atoms. The van der Waals surface area contributed by atoms with Crippen molar-refractivity contribution in [2.75, 3.05) is 6.54 Å². The average molecular weight is 249 g/mol. The maximum atomic E-state index is 12.6. The minimum Gasteiger partial charge on any atom is -0.314 e. The van der Waals surface area contributed by atoms with Crippen LogP contribution in [0.15, 0.2) is 0 Å². The van der Waals surface area contributed by atoms with Crippen molar-refractivity contribution >= 4 is 0 Å². The molecule has 1 N–H and O–H groups in total. The fraction of sp³-hybridized carbons (Fsp3) is 1.00. The van der Waals surface area contributed by atoms with E-state index in [1.54, 1.807) is 0 Å². The van der Waals surface area contributed by atoms with Crippen LogP contribution in [0.5, 0.6) is 0 Å². The van der Waals surface area contributed by atoms with E-state index in [4.69, 9.17) is 0 Å². The lowest BCUT2D eigenvalue weighted by molar-refractivity contribution is -0.183. The Morgan fingerprint density at radius 1 is 0.941 bits per heavy atom. The number of halogens is 3. The predicted molar refractivity (Wildman–Crippen MR) is 61.8 cm³/mol. The van der Waals surface area contributed by atoms with Crippen molar-refractivity contribution in [2.24, 2.45) is 11.8 Å². The van der Waals surface area contributed by atoms with Crippen molar-refractivity contribution in [3.8, 4) is 0 Å². The third kappa shape index (κ3) is 3.87. The van der Waals surface area contributed by atoms with Crippen LogP contribution in [0.2, 0.25) is 0 Å². The average Bonchev–Trinajstić information content (AvgIpc) is 2.78. The van der Waals surface area contributed by atoms with Crippen molar-refractivity contribution in [3.05, 3.63) is 0 Å². The Kier molecular flexibility index (Phi) is 4.34. The Bertz CT molecular complexity index is 233. The number of rotatable bonds is 3. The van der Waals surface area contributed by atoms with Crippen LogP contribution in [-0.4, -0.2) is 18.8 Å². The molecule has 2 unspecified atom stereocenters. The molecule has 1 nitrogen and oxygen atoms in total. The quantitative estimate of drug-likeness (QED) is 0.800. The number of alkyl halides is 3. The van der Waals surface area contributed by atoms with Crippen molar-refractivity contribution in [3.63, 3.8) is 0 Å². The maximum Gasteiger partial charge on any atom is 0.391 e. The fourth-order valence-electron chi connectivity index (χ4n) is 3.22. The van der Waals surface area contributed by atoms with Crippen molar-refractivity contribution in [1.29, 1.82) is 0 Å². The summed E-state index contributed by atoms with van der Waals surface area (Å²) in [5.41, 5.74) is 0. The van der Waals surface area contributed by atoms with Gasteiger partial charge in [-0.1, -0.05) is 19.3 Å². The smallest absolute Gasteiger partial charge is 0.314 e. The van der Waals surface area contributed by atoms with Gasteiger partial charge in [-0.15, -0.1) is 0 Å². The van der Waals surface area contributed by atoms with E-state index in [9.17, 15) is 13.2 Å². The van der Waals surface area contributed by atoms with Gasteiger partial charge in [-0.3, -0.25) is 0 Å². The molecule has 0 aromatic carbocycles. The highest BCUT2D eigenvalue weighted by Crippen LogP contribution is 2.37. The molecular weight excluding hydrogens is 227 g/mol. The van der Waals surface area contributed by atoms with Gasteiger partial charge in [0, 0.05) is 6.04 Å². The molecule has 100 valence electrons. The second-order valence-corrected chi connectivity index (χ2v) is 5.66. The topological polar surface area (TPSA) is 12.0 Å². The predicted octanol–water partition coefficient (Wildman–Crippen LogP) is 3.89. The third-order valence-corrected chi connectivity index (χ3v) is 4.31. The first-order valence-electron chi connectivity index (χ1n) is 6.86. The third-order valence-electron chi connectivity index (χ3n) is 4.31. The van der Waals surface area contributed by atoms with Gasteiger partial charge < -0.3 is 5.32 Å². The Labute approximate surface area is 101 Å². The van der Waals surface area contributed by atoms with Crippen LogP contribution in [-0.2, 0) is 0 Å². The van der Waals surface area contributed by atoms with Gasteiger partial charge in [0.25, 0.3) is 0 Å². The molecule has 2 saturated carbocycles. The van der Waals surface area contributed by atoms with E-state index in [0.29, 0.717) is 18.8 Å². The molecule has 2 fully saturated rings. The van der Waals surface area contributed by atoms with Gasteiger partial charge in [0.05, 0.1) is 5.92 Å². The molecule has 0 radical (unpaired) electrons. The van der Waals surface area contributed by atoms with Crippen molar-refractivity contribution in [2.45, 2.75) is 63.6 Å². The lowest BCUT2D eigenvalue weighted by atomic mass is 9.85. The minimum atomic E-state index is -3.99. The molecule has 0 aromatic rings. The van der Waals surface area contributed by atoms with E-state index in [0.717, 1.165) is 13.0 Å². The zero-order valence-corrected chi connectivity index (χ0v) is 10.2. The summed E-state index contributed by atoms with van der Waals surface area (Å²) in [5.74, 6) is -0.362. The molecule has 0 aliphatic heterocycles. The largest absolute Gasteiger partial charge is 0.391 e. The van der Waals surface area contributed by atoms with E-state index < -0.39 is 12.1 Å². The highest BCUT2D eigenvalue weighted by Gasteiger charge is 2.42. The summed E-state index contributed by atoms with van der Waals surface area (Å²) in [6.45, 7) is 0.926. The van der Waals surface area contributed by atoms with Crippen LogP contribution in [0, 0.1) is 11.8 Å². The zero-order valence-electron chi connectivity index (χ0n) is 10.2. The summed E-state index contributed by atoms with van der Waals surface area (Å²) < 4.78 is 37.9. The van der Waals surface area contributed by atoms with E-state index in [1.165, 1.54) is 25.7 Å². The van der Waals surface area contributed by atoms with E-state index in [1.807, 2.05) is 0 Å². The number of hydrogen-bond acceptors (Lipinski definition) is 1. The highest BCUT2D eigenvalue weighted by atomic mass is 19.4.